The fraction of sp³-hybridized carbons (Fsp3) is 0.176. The number of ether oxygens (including phenoxy) is 2. The molecule has 5 heteroatoms. The lowest BCUT2D eigenvalue weighted by molar-refractivity contribution is 0.103. The van der Waals surface area contributed by atoms with Gasteiger partial charge in [0.05, 0.1) is 0 Å². The van der Waals surface area contributed by atoms with Gasteiger partial charge in [-0.1, -0.05) is 24.1 Å². The van der Waals surface area contributed by atoms with Gasteiger partial charge in [-0.15, -0.1) is 6.42 Å². The van der Waals surface area contributed by atoms with Crippen LogP contribution in [0.1, 0.15) is 11.7 Å². The van der Waals surface area contributed by atoms with Crippen molar-refractivity contribution < 1.29 is 23.4 Å². The van der Waals surface area contributed by atoms with Gasteiger partial charge >= 0.3 is 0 Å². The molecule has 0 saturated carbocycles. The topological polar surface area (TPSA) is 38.7 Å². The van der Waals surface area contributed by atoms with E-state index in [0.29, 0.717) is 17.6 Å². The summed E-state index contributed by atoms with van der Waals surface area (Å²) in [5.74, 6) is 1.60. The lowest BCUT2D eigenvalue weighted by atomic mass is 10.1. The number of hydrogen-bond acceptors (Lipinski definition) is 3. The SMILES string of the molecule is C#CCOc1ccccc1OCC(O)c1ccc(F)cc1F. The third kappa shape index (κ3) is 3.96. The summed E-state index contributed by atoms with van der Waals surface area (Å²) >= 11 is 0. The molecule has 0 radical (unpaired) electrons. The Labute approximate surface area is 127 Å². The molecule has 0 amide bonds. The fourth-order valence-corrected chi connectivity index (χ4v) is 1.84. The monoisotopic (exact) mass is 304 g/mol. The smallest absolute Gasteiger partial charge is 0.162 e. The molecule has 0 fully saturated rings. The summed E-state index contributed by atoms with van der Waals surface area (Å²) in [5.41, 5.74) is -0.0385. The third-order valence-electron chi connectivity index (χ3n) is 2.88. The van der Waals surface area contributed by atoms with E-state index in [1.165, 1.54) is 6.07 Å². The van der Waals surface area contributed by atoms with Gasteiger partial charge in [-0.2, -0.15) is 0 Å². The molecular weight excluding hydrogens is 290 g/mol. The molecule has 0 aliphatic heterocycles. The maximum Gasteiger partial charge on any atom is 0.162 e. The highest BCUT2D eigenvalue weighted by atomic mass is 19.1. The minimum absolute atomic E-state index is 0.0385. The highest BCUT2D eigenvalue weighted by Crippen LogP contribution is 2.28. The molecule has 2 aromatic carbocycles. The van der Waals surface area contributed by atoms with E-state index in [9.17, 15) is 13.9 Å². The number of para-hydroxylation sites is 2. The van der Waals surface area contributed by atoms with Crippen LogP contribution in [0.15, 0.2) is 42.5 Å². The van der Waals surface area contributed by atoms with Crippen molar-refractivity contribution in [1.29, 1.82) is 0 Å². The van der Waals surface area contributed by atoms with Crippen LogP contribution >= 0.6 is 0 Å². The van der Waals surface area contributed by atoms with Crippen LogP contribution in [0.3, 0.4) is 0 Å². The second-order valence-electron chi connectivity index (χ2n) is 4.43. The highest BCUT2D eigenvalue weighted by Gasteiger charge is 2.15. The van der Waals surface area contributed by atoms with Gasteiger partial charge in [0.25, 0.3) is 0 Å². The molecule has 0 spiro atoms. The van der Waals surface area contributed by atoms with Crippen LogP contribution in [0.4, 0.5) is 8.78 Å². The molecule has 0 bridgehead atoms. The second kappa shape index (κ2) is 7.43. The van der Waals surface area contributed by atoms with Crippen LogP contribution in [0.5, 0.6) is 11.5 Å². The summed E-state index contributed by atoms with van der Waals surface area (Å²) in [6.07, 6.45) is 3.89. The molecule has 2 aromatic rings. The van der Waals surface area contributed by atoms with Crippen molar-refractivity contribution in [3.05, 3.63) is 59.7 Å². The zero-order valence-electron chi connectivity index (χ0n) is 11.6. The van der Waals surface area contributed by atoms with Gasteiger partial charge in [-0.05, 0) is 18.2 Å². The van der Waals surface area contributed by atoms with Gasteiger partial charge in [0, 0.05) is 11.6 Å². The summed E-state index contributed by atoms with van der Waals surface area (Å²) in [4.78, 5) is 0. The van der Waals surface area contributed by atoms with Gasteiger partial charge in [0.15, 0.2) is 11.5 Å². The molecule has 0 heterocycles. The van der Waals surface area contributed by atoms with Crippen molar-refractivity contribution in [3.8, 4) is 23.8 Å². The van der Waals surface area contributed by atoms with Gasteiger partial charge in [0.1, 0.15) is 31.0 Å². The Morgan fingerprint density at radius 2 is 1.77 bits per heavy atom. The van der Waals surface area contributed by atoms with Gasteiger partial charge in [-0.25, -0.2) is 8.78 Å². The first-order valence-electron chi connectivity index (χ1n) is 6.53. The highest BCUT2D eigenvalue weighted by molar-refractivity contribution is 5.39. The number of aliphatic hydroxyl groups excluding tert-OH is 1. The Bertz CT molecular complexity index is 680. The summed E-state index contributed by atoms with van der Waals surface area (Å²) < 4.78 is 37.1. The molecule has 2 rings (SSSR count). The summed E-state index contributed by atoms with van der Waals surface area (Å²) in [6.45, 7) is -0.130. The van der Waals surface area contributed by atoms with Crippen LogP contribution in [0.2, 0.25) is 0 Å². The Kier molecular flexibility index (Phi) is 5.34. The van der Waals surface area contributed by atoms with Gasteiger partial charge < -0.3 is 14.6 Å². The average molecular weight is 304 g/mol. The van der Waals surface area contributed by atoms with E-state index < -0.39 is 17.7 Å². The summed E-state index contributed by atoms with van der Waals surface area (Å²) in [7, 11) is 0. The van der Waals surface area contributed by atoms with E-state index in [1.807, 2.05) is 0 Å². The molecule has 1 N–H and O–H groups in total. The zero-order valence-corrected chi connectivity index (χ0v) is 11.6. The van der Waals surface area contributed by atoms with E-state index in [4.69, 9.17) is 15.9 Å². The zero-order chi connectivity index (χ0) is 15.9. The van der Waals surface area contributed by atoms with Crippen molar-refractivity contribution in [2.75, 3.05) is 13.2 Å². The van der Waals surface area contributed by atoms with Crippen LogP contribution in [-0.2, 0) is 0 Å². The maximum atomic E-state index is 13.6. The molecule has 0 aliphatic carbocycles. The summed E-state index contributed by atoms with van der Waals surface area (Å²) in [5, 5.41) is 9.96. The second-order valence-corrected chi connectivity index (χ2v) is 4.43. The van der Waals surface area contributed by atoms with Gasteiger partial charge in [0.2, 0.25) is 0 Å². The van der Waals surface area contributed by atoms with Crippen LogP contribution in [0, 0.1) is 24.0 Å². The predicted octanol–water partition coefficient (Wildman–Crippen LogP) is 3.09. The Morgan fingerprint density at radius 3 is 2.41 bits per heavy atom. The van der Waals surface area contributed by atoms with Crippen molar-refractivity contribution >= 4 is 0 Å². The molecule has 3 nitrogen and oxygen atoms in total. The lowest BCUT2D eigenvalue weighted by Gasteiger charge is -2.15. The number of aliphatic hydroxyl groups is 1. The number of halogens is 2. The maximum absolute atomic E-state index is 13.6. The Balaban J connectivity index is 2.05. The molecule has 1 atom stereocenters. The predicted molar refractivity (Wildman–Crippen MR) is 77.6 cm³/mol. The molecule has 0 aromatic heterocycles. The van der Waals surface area contributed by atoms with Crippen molar-refractivity contribution in [1.82, 2.24) is 0 Å². The van der Waals surface area contributed by atoms with E-state index in [-0.39, 0.29) is 18.8 Å². The van der Waals surface area contributed by atoms with Crippen LogP contribution in [-0.4, -0.2) is 18.3 Å². The lowest BCUT2D eigenvalue weighted by Crippen LogP contribution is -2.12. The van der Waals surface area contributed by atoms with E-state index in [2.05, 4.69) is 5.92 Å². The van der Waals surface area contributed by atoms with Crippen LogP contribution < -0.4 is 9.47 Å². The molecule has 1 unspecified atom stereocenters. The van der Waals surface area contributed by atoms with E-state index in [1.54, 1.807) is 24.3 Å². The third-order valence-corrected chi connectivity index (χ3v) is 2.88. The normalized spacial score (nSPS) is 11.5. The van der Waals surface area contributed by atoms with E-state index in [0.717, 1.165) is 6.07 Å². The number of hydrogen-bond donors (Lipinski definition) is 1. The van der Waals surface area contributed by atoms with E-state index >= 15 is 0 Å². The fourth-order valence-electron chi connectivity index (χ4n) is 1.84. The van der Waals surface area contributed by atoms with Crippen molar-refractivity contribution in [3.63, 3.8) is 0 Å². The molecule has 114 valence electrons. The molecule has 0 saturated heterocycles. The first kappa shape index (κ1) is 15.8. The first-order valence-corrected chi connectivity index (χ1v) is 6.53. The largest absolute Gasteiger partial charge is 0.487 e. The molecule has 22 heavy (non-hydrogen) atoms. The molecular formula is C17H14F2O3. The Hall–Kier alpha value is -2.58. The standard InChI is InChI=1S/C17H14F2O3/c1-2-9-21-16-5-3-4-6-17(16)22-11-15(20)13-8-7-12(18)10-14(13)19/h1,3-8,10,15,20H,9,11H2. The average Bonchev–Trinajstić information content (AvgIpc) is 2.51. The van der Waals surface area contributed by atoms with Crippen molar-refractivity contribution in [2.24, 2.45) is 0 Å². The number of rotatable bonds is 6. The number of benzene rings is 2. The minimum atomic E-state index is -1.23. The summed E-state index contributed by atoms with van der Waals surface area (Å²) in [6, 6.07) is 9.74. The van der Waals surface area contributed by atoms with Crippen LogP contribution in [0.25, 0.3) is 0 Å². The minimum Gasteiger partial charge on any atom is -0.487 e. The first-order chi connectivity index (χ1) is 10.6. The Morgan fingerprint density at radius 1 is 1.09 bits per heavy atom. The number of terminal acetylenes is 1. The molecule has 0 aliphatic rings. The quantitative estimate of drug-likeness (QED) is 0.834. The van der Waals surface area contributed by atoms with Crippen molar-refractivity contribution in [2.45, 2.75) is 6.10 Å². The van der Waals surface area contributed by atoms with Gasteiger partial charge in [-0.3, -0.25) is 0 Å².